The summed E-state index contributed by atoms with van der Waals surface area (Å²) < 4.78 is 0. The predicted octanol–water partition coefficient (Wildman–Crippen LogP) is 2.13. The second-order valence-corrected chi connectivity index (χ2v) is 6.13. The first-order valence-electron chi connectivity index (χ1n) is 6.77. The van der Waals surface area contributed by atoms with Crippen molar-refractivity contribution in [1.82, 2.24) is 4.90 Å². The van der Waals surface area contributed by atoms with E-state index in [2.05, 4.69) is 4.90 Å². The lowest BCUT2D eigenvalue weighted by molar-refractivity contribution is 0.0382. The van der Waals surface area contributed by atoms with Crippen molar-refractivity contribution in [3.8, 4) is 0 Å². The molecule has 0 aromatic rings. The third kappa shape index (κ3) is 1.83. The van der Waals surface area contributed by atoms with Crippen LogP contribution in [0.2, 0.25) is 0 Å². The lowest BCUT2D eigenvalue weighted by atomic mass is 9.75. The van der Waals surface area contributed by atoms with Crippen molar-refractivity contribution in [1.29, 1.82) is 0 Å². The van der Waals surface area contributed by atoms with E-state index in [1.807, 2.05) is 0 Å². The molecule has 2 saturated carbocycles. The molecule has 1 saturated heterocycles. The van der Waals surface area contributed by atoms with Gasteiger partial charge in [0.2, 0.25) is 0 Å². The minimum atomic E-state index is 0.511. The number of nitrogens with two attached hydrogens (primary N) is 1. The first-order chi connectivity index (χ1) is 7.27. The van der Waals surface area contributed by atoms with E-state index >= 15 is 0 Å². The highest BCUT2D eigenvalue weighted by molar-refractivity contribution is 4.95. The van der Waals surface area contributed by atoms with Gasteiger partial charge < -0.3 is 10.6 Å². The van der Waals surface area contributed by atoms with Crippen LogP contribution in [0.3, 0.4) is 0 Å². The van der Waals surface area contributed by atoms with Gasteiger partial charge in [0.25, 0.3) is 0 Å². The van der Waals surface area contributed by atoms with E-state index in [1.54, 1.807) is 0 Å². The highest BCUT2D eigenvalue weighted by Crippen LogP contribution is 2.47. The van der Waals surface area contributed by atoms with Gasteiger partial charge in [-0.3, -0.25) is 0 Å². The monoisotopic (exact) mass is 208 g/mol. The van der Waals surface area contributed by atoms with Crippen LogP contribution in [0, 0.1) is 5.41 Å². The van der Waals surface area contributed by atoms with E-state index in [0.717, 1.165) is 11.5 Å². The molecule has 2 aliphatic carbocycles. The zero-order chi connectivity index (χ0) is 10.3. The summed E-state index contributed by atoms with van der Waals surface area (Å²) in [5.41, 5.74) is 6.64. The molecule has 1 aliphatic heterocycles. The van der Waals surface area contributed by atoms with Crippen LogP contribution in [-0.4, -0.2) is 30.1 Å². The van der Waals surface area contributed by atoms with Crippen molar-refractivity contribution in [3.63, 3.8) is 0 Å². The third-order valence-electron chi connectivity index (χ3n) is 5.19. The second kappa shape index (κ2) is 3.74. The molecule has 1 spiro atoms. The number of hydrogen-bond donors (Lipinski definition) is 1. The molecule has 0 bridgehead atoms. The van der Waals surface area contributed by atoms with Gasteiger partial charge in [-0.05, 0) is 57.0 Å². The average molecular weight is 208 g/mol. The topological polar surface area (TPSA) is 29.3 Å². The van der Waals surface area contributed by atoms with Crippen LogP contribution in [0.1, 0.15) is 51.4 Å². The number of rotatable bonds is 1. The smallest absolute Gasteiger partial charge is 0.0125 e. The Kier molecular flexibility index (Phi) is 2.52. The maximum atomic E-state index is 5.86. The van der Waals surface area contributed by atoms with Gasteiger partial charge in [0.05, 0.1) is 0 Å². The normalized spacial score (nSPS) is 40.6. The molecule has 0 atom stereocenters. The maximum absolute atomic E-state index is 5.86. The molecule has 2 heteroatoms. The highest BCUT2D eigenvalue weighted by Gasteiger charge is 2.40. The summed E-state index contributed by atoms with van der Waals surface area (Å²) in [6.07, 6.45) is 11.5. The molecule has 3 fully saturated rings. The lowest BCUT2D eigenvalue weighted by Crippen LogP contribution is -2.53. The van der Waals surface area contributed by atoms with Gasteiger partial charge in [0.1, 0.15) is 0 Å². The molecule has 0 aromatic heterocycles. The van der Waals surface area contributed by atoms with Crippen LogP contribution in [0.15, 0.2) is 0 Å². The molecule has 15 heavy (non-hydrogen) atoms. The fourth-order valence-corrected chi connectivity index (χ4v) is 3.92. The van der Waals surface area contributed by atoms with Crippen LogP contribution in [0.5, 0.6) is 0 Å². The molecule has 2 nitrogen and oxygen atoms in total. The van der Waals surface area contributed by atoms with Crippen LogP contribution >= 0.6 is 0 Å². The van der Waals surface area contributed by atoms with Gasteiger partial charge >= 0.3 is 0 Å². The Morgan fingerprint density at radius 2 is 1.53 bits per heavy atom. The molecule has 3 aliphatic rings. The summed E-state index contributed by atoms with van der Waals surface area (Å²) in [5.74, 6) is 0. The van der Waals surface area contributed by atoms with E-state index < -0.39 is 0 Å². The third-order valence-corrected chi connectivity index (χ3v) is 5.19. The quantitative estimate of drug-likeness (QED) is 0.715. The van der Waals surface area contributed by atoms with E-state index in [0.29, 0.717) is 6.04 Å². The molecule has 86 valence electrons. The van der Waals surface area contributed by atoms with Crippen molar-refractivity contribution >= 4 is 0 Å². The van der Waals surface area contributed by atoms with Crippen molar-refractivity contribution in [2.45, 2.75) is 63.5 Å². The summed E-state index contributed by atoms with van der Waals surface area (Å²) in [7, 11) is 0. The van der Waals surface area contributed by atoms with Gasteiger partial charge in [-0.2, -0.15) is 0 Å². The molecular formula is C13H24N2. The summed E-state index contributed by atoms with van der Waals surface area (Å²) >= 11 is 0. The standard InChI is InChI=1S/C13H24N2/c14-11-9-12(10-11)15-7-5-13(6-8-15)3-1-2-4-13/h11-12H,1-10,14H2. The van der Waals surface area contributed by atoms with E-state index in [1.165, 1.54) is 64.5 Å². The largest absolute Gasteiger partial charge is 0.328 e. The van der Waals surface area contributed by atoms with Gasteiger partial charge in [-0.25, -0.2) is 0 Å². The maximum Gasteiger partial charge on any atom is 0.0125 e. The van der Waals surface area contributed by atoms with Crippen molar-refractivity contribution in [2.75, 3.05) is 13.1 Å². The Morgan fingerprint density at radius 3 is 2.07 bits per heavy atom. The number of likely N-dealkylation sites (tertiary alicyclic amines) is 1. The van der Waals surface area contributed by atoms with Crippen LogP contribution in [-0.2, 0) is 0 Å². The second-order valence-electron chi connectivity index (χ2n) is 6.13. The molecule has 0 amide bonds. The average Bonchev–Trinajstić information content (AvgIpc) is 2.64. The van der Waals surface area contributed by atoms with Gasteiger partial charge in [-0.15, -0.1) is 0 Å². The fourth-order valence-electron chi connectivity index (χ4n) is 3.92. The number of nitrogens with zero attached hydrogens (tertiary/aromatic N) is 1. The van der Waals surface area contributed by atoms with E-state index in [-0.39, 0.29) is 0 Å². The Hall–Kier alpha value is -0.0800. The Bertz CT molecular complexity index is 217. The molecule has 1 heterocycles. The highest BCUT2D eigenvalue weighted by atomic mass is 15.2. The van der Waals surface area contributed by atoms with E-state index in [4.69, 9.17) is 5.73 Å². The number of hydrogen-bond acceptors (Lipinski definition) is 2. The van der Waals surface area contributed by atoms with Crippen molar-refractivity contribution in [2.24, 2.45) is 11.1 Å². The summed E-state index contributed by atoms with van der Waals surface area (Å²) in [4.78, 5) is 2.72. The predicted molar refractivity (Wildman–Crippen MR) is 62.7 cm³/mol. The minimum absolute atomic E-state index is 0.511. The summed E-state index contributed by atoms with van der Waals surface area (Å²) in [6, 6.07) is 1.36. The van der Waals surface area contributed by atoms with Crippen LogP contribution < -0.4 is 5.73 Å². The number of piperidine rings is 1. The summed E-state index contributed by atoms with van der Waals surface area (Å²) in [5, 5.41) is 0. The zero-order valence-corrected chi connectivity index (χ0v) is 9.75. The van der Waals surface area contributed by atoms with Crippen molar-refractivity contribution in [3.05, 3.63) is 0 Å². The van der Waals surface area contributed by atoms with Crippen molar-refractivity contribution < 1.29 is 0 Å². The van der Waals surface area contributed by atoms with Gasteiger partial charge in [0.15, 0.2) is 0 Å². The summed E-state index contributed by atoms with van der Waals surface area (Å²) in [6.45, 7) is 2.72. The minimum Gasteiger partial charge on any atom is -0.328 e. The van der Waals surface area contributed by atoms with Gasteiger partial charge in [-0.1, -0.05) is 12.8 Å². The molecular weight excluding hydrogens is 184 g/mol. The Balaban J connectivity index is 1.52. The lowest BCUT2D eigenvalue weighted by Gasteiger charge is -2.47. The molecule has 0 unspecified atom stereocenters. The molecule has 0 radical (unpaired) electrons. The van der Waals surface area contributed by atoms with Crippen LogP contribution in [0.25, 0.3) is 0 Å². The molecule has 2 N–H and O–H groups in total. The Labute approximate surface area is 93.2 Å². The molecule has 0 aromatic carbocycles. The molecule has 3 rings (SSSR count). The fraction of sp³-hybridized carbons (Fsp3) is 1.00. The van der Waals surface area contributed by atoms with Gasteiger partial charge in [0, 0.05) is 12.1 Å². The zero-order valence-electron chi connectivity index (χ0n) is 9.75. The first kappa shape index (κ1) is 10.1. The first-order valence-corrected chi connectivity index (χ1v) is 6.77. The van der Waals surface area contributed by atoms with E-state index in [9.17, 15) is 0 Å². The van der Waals surface area contributed by atoms with Crippen LogP contribution in [0.4, 0.5) is 0 Å². The SMILES string of the molecule is NC1CC(N2CCC3(CCCC3)CC2)C1. The Morgan fingerprint density at radius 1 is 0.933 bits per heavy atom.